The van der Waals surface area contributed by atoms with E-state index in [1.165, 1.54) is 0 Å². The summed E-state index contributed by atoms with van der Waals surface area (Å²) in [4.78, 5) is 44.5. The average Bonchev–Trinajstić information content (AvgIpc) is 2.64. The Balaban J connectivity index is 2.84. The van der Waals surface area contributed by atoms with Crippen molar-refractivity contribution in [1.82, 2.24) is 16.0 Å². The lowest BCUT2D eigenvalue weighted by Gasteiger charge is -2.28. The zero-order chi connectivity index (χ0) is 21.2. The van der Waals surface area contributed by atoms with Crippen LogP contribution in [0.25, 0.3) is 0 Å². The predicted molar refractivity (Wildman–Crippen MR) is 110 cm³/mol. The molecule has 8 nitrogen and oxygen atoms in total. The van der Waals surface area contributed by atoms with E-state index in [2.05, 4.69) is 16.0 Å². The lowest BCUT2D eigenvalue weighted by molar-refractivity contribution is -0.129. The van der Waals surface area contributed by atoms with Crippen molar-refractivity contribution in [3.05, 3.63) is 0 Å². The first-order chi connectivity index (χ1) is 13.1. The van der Waals surface area contributed by atoms with Crippen LogP contribution in [0.1, 0.15) is 72.1 Å². The van der Waals surface area contributed by atoms with E-state index in [9.17, 15) is 23.9 Å². The van der Waals surface area contributed by atoms with Gasteiger partial charge < -0.3 is 20.4 Å². The van der Waals surface area contributed by atoms with Crippen LogP contribution in [-0.2, 0) is 14.2 Å². The summed E-state index contributed by atoms with van der Waals surface area (Å²) in [6.07, 6.45) is 5.20. The summed E-state index contributed by atoms with van der Waals surface area (Å²) in [6.45, 7) is 7.39. The largest absolute Gasteiger partial charge is 0.345 e. The normalized spacial score (nSPS) is 22.4. The molecule has 9 heteroatoms. The van der Waals surface area contributed by atoms with Gasteiger partial charge in [0.05, 0.1) is 12.1 Å². The second kappa shape index (κ2) is 12.7. The summed E-state index contributed by atoms with van der Waals surface area (Å²) in [5.74, 6) is -1.23. The monoisotopic (exact) mass is 419 g/mol. The first-order valence-electron chi connectivity index (χ1n) is 10.5. The summed E-state index contributed by atoms with van der Waals surface area (Å²) in [7, 11) is -4.36. The Morgan fingerprint density at radius 2 is 1.86 bits per heavy atom. The molecule has 1 aliphatic rings. The van der Waals surface area contributed by atoms with Gasteiger partial charge in [0.2, 0.25) is 5.91 Å². The SMILES string of the molecule is CC[C@H](N[C@@H](CC(C)C)C(=O)N[C@H]1CCCCNCCCCC1=O)P(=O)(O)O. The first kappa shape index (κ1) is 25.2. The van der Waals surface area contributed by atoms with E-state index in [1.54, 1.807) is 6.92 Å². The molecule has 0 bridgehead atoms. The molecule has 1 saturated heterocycles. The Labute approximate surface area is 168 Å². The van der Waals surface area contributed by atoms with E-state index in [0.29, 0.717) is 19.3 Å². The fourth-order valence-corrected chi connectivity index (χ4v) is 4.29. The Kier molecular flexibility index (Phi) is 11.5. The molecular formula is C19H38N3O5P. The van der Waals surface area contributed by atoms with Crippen LogP contribution in [0.15, 0.2) is 0 Å². The van der Waals surface area contributed by atoms with E-state index in [-0.39, 0.29) is 24.0 Å². The average molecular weight is 420 g/mol. The number of rotatable bonds is 8. The van der Waals surface area contributed by atoms with Crippen molar-refractivity contribution < 1.29 is 23.9 Å². The molecule has 0 unspecified atom stereocenters. The molecule has 0 aromatic carbocycles. The molecule has 1 rings (SSSR count). The van der Waals surface area contributed by atoms with Crippen LogP contribution in [0.5, 0.6) is 0 Å². The minimum Gasteiger partial charge on any atom is -0.345 e. The van der Waals surface area contributed by atoms with Gasteiger partial charge in [-0.25, -0.2) is 0 Å². The van der Waals surface area contributed by atoms with E-state index in [0.717, 1.165) is 38.8 Å². The van der Waals surface area contributed by atoms with Crippen LogP contribution in [0.3, 0.4) is 0 Å². The number of nitrogens with one attached hydrogen (secondary N) is 3. The molecule has 1 heterocycles. The molecule has 1 aliphatic heterocycles. The standard InChI is InChI=1S/C19H38N3O5P/c1-4-18(28(25,26)27)21-16(13-14(2)3)19(24)22-15-9-5-7-11-20-12-8-6-10-17(15)23/h14-16,18,20-21H,4-13H2,1-3H3,(H,22,24)(H2,25,26,27)/t15-,16-,18+/m0/s1. The van der Waals surface area contributed by atoms with Crippen molar-refractivity contribution in [2.24, 2.45) is 5.92 Å². The van der Waals surface area contributed by atoms with Gasteiger partial charge in [-0.3, -0.25) is 19.5 Å². The quantitative estimate of drug-likeness (QED) is 0.380. The summed E-state index contributed by atoms with van der Waals surface area (Å²) in [5, 5.41) is 9.06. The third-order valence-corrected chi connectivity index (χ3v) is 6.36. The van der Waals surface area contributed by atoms with Crippen molar-refractivity contribution in [3.63, 3.8) is 0 Å². The van der Waals surface area contributed by atoms with Gasteiger partial charge in [0, 0.05) is 6.42 Å². The molecule has 1 fully saturated rings. The highest BCUT2D eigenvalue weighted by atomic mass is 31.2. The second-order valence-corrected chi connectivity index (χ2v) is 9.89. The van der Waals surface area contributed by atoms with Gasteiger partial charge >= 0.3 is 7.60 Å². The van der Waals surface area contributed by atoms with Crippen molar-refractivity contribution in [1.29, 1.82) is 0 Å². The summed E-state index contributed by atoms with van der Waals surface area (Å²) < 4.78 is 11.7. The third-order valence-electron chi connectivity index (χ3n) is 5.04. The van der Waals surface area contributed by atoms with Gasteiger partial charge in [0.1, 0.15) is 5.78 Å². The van der Waals surface area contributed by atoms with Crippen molar-refractivity contribution in [3.8, 4) is 0 Å². The summed E-state index contributed by atoms with van der Waals surface area (Å²) >= 11 is 0. The molecule has 0 aromatic rings. The molecule has 0 saturated carbocycles. The Morgan fingerprint density at radius 3 is 2.43 bits per heavy atom. The topological polar surface area (TPSA) is 128 Å². The lowest BCUT2D eigenvalue weighted by Crippen LogP contribution is -2.52. The molecule has 28 heavy (non-hydrogen) atoms. The molecule has 3 atom stereocenters. The predicted octanol–water partition coefficient (Wildman–Crippen LogP) is 1.90. The highest BCUT2D eigenvalue weighted by molar-refractivity contribution is 7.52. The lowest BCUT2D eigenvalue weighted by atomic mass is 9.99. The number of carbonyl (C=O) groups is 2. The molecular weight excluding hydrogens is 381 g/mol. The zero-order valence-electron chi connectivity index (χ0n) is 17.4. The van der Waals surface area contributed by atoms with E-state index in [4.69, 9.17) is 0 Å². The minimum atomic E-state index is -4.36. The van der Waals surface area contributed by atoms with Crippen LogP contribution in [0, 0.1) is 5.92 Å². The van der Waals surface area contributed by atoms with Crippen molar-refractivity contribution in [2.45, 2.75) is 90.0 Å². The Bertz CT molecular complexity index is 538. The molecule has 0 radical (unpaired) electrons. The van der Waals surface area contributed by atoms with Gasteiger partial charge in [-0.1, -0.05) is 20.8 Å². The maximum absolute atomic E-state index is 12.9. The Hall–Kier alpha value is -0.790. The maximum atomic E-state index is 12.9. The van der Waals surface area contributed by atoms with E-state index < -0.39 is 25.5 Å². The van der Waals surface area contributed by atoms with Gasteiger partial charge in [-0.05, 0) is 64.0 Å². The second-order valence-electron chi connectivity index (χ2n) is 8.09. The van der Waals surface area contributed by atoms with Crippen LogP contribution >= 0.6 is 7.60 Å². The first-order valence-corrected chi connectivity index (χ1v) is 12.2. The van der Waals surface area contributed by atoms with Crippen LogP contribution in [0.2, 0.25) is 0 Å². The van der Waals surface area contributed by atoms with Crippen molar-refractivity contribution in [2.75, 3.05) is 13.1 Å². The number of hydrogen-bond donors (Lipinski definition) is 5. The van der Waals surface area contributed by atoms with E-state index >= 15 is 0 Å². The van der Waals surface area contributed by atoms with Gasteiger partial charge in [0.15, 0.2) is 5.78 Å². The van der Waals surface area contributed by atoms with E-state index in [1.807, 2.05) is 13.8 Å². The molecule has 0 aliphatic carbocycles. The third kappa shape index (κ3) is 9.61. The molecule has 5 N–H and O–H groups in total. The van der Waals surface area contributed by atoms with Gasteiger partial charge in [0.25, 0.3) is 0 Å². The number of ketones is 1. The smallest absolute Gasteiger partial charge is 0.342 e. The summed E-state index contributed by atoms with van der Waals surface area (Å²) in [5.41, 5.74) is 0. The number of Topliss-reactive ketones (excluding diaryl/α,β-unsaturated/α-hetero) is 1. The van der Waals surface area contributed by atoms with Crippen LogP contribution in [0.4, 0.5) is 0 Å². The molecule has 1 amide bonds. The molecule has 0 aromatic heterocycles. The molecule has 164 valence electrons. The highest BCUT2D eigenvalue weighted by Crippen LogP contribution is 2.41. The maximum Gasteiger partial charge on any atom is 0.342 e. The fraction of sp³-hybridized carbons (Fsp3) is 0.895. The van der Waals surface area contributed by atoms with Gasteiger partial charge in [-0.15, -0.1) is 0 Å². The number of carbonyl (C=O) groups excluding carboxylic acids is 2. The van der Waals surface area contributed by atoms with Gasteiger partial charge in [-0.2, -0.15) is 0 Å². The Morgan fingerprint density at radius 1 is 1.21 bits per heavy atom. The van der Waals surface area contributed by atoms with Crippen molar-refractivity contribution >= 4 is 19.3 Å². The number of hydrogen-bond acceptors (Lipinski definition) is 5. The van der Waals surface area contributed by atoms with Crippen LogP contribution < -0.4 is 16.0 Å². The fourth-order valence-electron chi connectivity index (χ4n) is 3.44. The summed E-state index contributed by atoms with van der Waals surface area (Å²) in [6, 6.07) is -1.28. The minimum absolute atomic E-state index is 0.0422. The number of amides is 1. The zero-order valence-corrected chi connectivity index (χ0v) is 18.3. The van der Waals surface area contributed by atoms with Crippen LogP contribution in [-0.4, -0.2) is 52.4 Å². The highest BCUT2D eigenvalue weighted by Gasteiger charge is 2.33. The molecule has 0 spiro atoms.